The fourth-order valence-electron chi connectivity index (χ4n) is 1.31. The van der Waals surface area contributed by atoms with E-state index in [-0.39, 0.29) is 16.5 Å². The van der Waals surface area contributed by atoms with Gasteiger partial charge in [0, 0.05) is 22.0 Å². The molecule has 0 heterocycles. The van der Waals surface area contributed by atoms with Crippen molar-refractivity contribution in [3.05, 3.63) is 38.3 Å². The maximum atomic E-state index is 10.6. The molecule has 0 saturated heterocycles. The van der Waals surface area contributed by atoms with Gasteiger partial charge in [-0.15, -0.1) is 11.6 Å². The van der Waals surface area contributed by atoms with E-state index in [0.29, 0.717) is 6.42 Å². The average molecular weight is 321 g/mol. The van der Waals surface area contributed by atoms with E-state index < -0.39 is 4.92 Å². The van der Waals surface area contributed by atoms with E-state index in [2.05, 4.69) is 36.7 Å². The summed E-state index contributed by atoms with van der Waals surface area (Å²) in [6.07, 6.45) is 0.684. The van der Waals surface area contributed by atoms with Gasteiger partial charge >= 0.3 is 0 Å². The lowest BCUT2D eigenvalue weighted by molar-refractivity contribution is -0.384. The first kappa shape index (κ1) is 14.5. The molecular weight excluding hydrogens is 305 g/mol. The van der Waals surface area contributed by atoms with Gasteiger partial charge in [-0.25, -0.2) is 0 Å². The molecule has 1 aromatic rings. The Bertz CT molecular complexity index is 429. The highest BCUT2D eigenvalue weighted by Crippen LogP contribution is 2.31. The second-order valence-corrected chi connectivity index (χ2v) is 6.45. The van der Waals surface area contributed by atoms with Crippen LogP contribution in [0.3, 0.4) is 0 Å². The molecule has 94 valence electrons. The summed E-state index contributed by atoms with van der Waals surface area (Å²) >= 11 is 9.66. The number of non-ortho nitro benzene ring substituents is 1. The van der Waals surface area contributed by atoms with Crippen molar-refractivity contribution in [2.75, 3.05) is 0 Å². The molecule has 17 heavy (non-hydrogen) atoms. The van der Waals surface area contributed by atoms with Gasteiger partial charge in [0.05, 0.1) is 4.92 Å². The zero-order valence-electron chi connectivity index (χ0n) is 10.0. The second-order valence-electron chi connectivity index (χ2n) is 5.07. The van der Waals surface area contributed by atoms with E-state index in [1.807, 2.05) is 0 Å². The van der Waals surface area contributed by atoms with E-state index >= 15 is 0 Å². The Morgan fingerprint density at radius 2 is 2.06 bits per heavy atom. The molecular formula is C12H15BrClNO2. The molecule has 0 bridgehead atoms. The minimum Gasteiger partial charge on any atom is -0.258 e. The molecule has 0 amide bonds. The van der Waals surface area contributed by atoms with Crippen LogP contribution in [-0.4, -0.2) is 10.3 Å². The maximum Gasteiger partial charge on any atom is 0.270 e. The lowest BCUT2D eigenvalue weighted by Gasteiger charge is -2.25. The first-order chi connectivity index (χ1) is 7.71. The normalized spacial score (nSPS) is 13.5. The van der Waals surface area contributed by atoms with Crippen molar-refractivity contribution in [2.24, 2.45) is 5.41 Å². The summed E-state index contributed by atoms with van der Waals surface area (Å²) in [4.78, 5) is 10.2. The van der Waals surface area contributed by atoms with E-state index in [0.717, 1.165) is 10.0 Å². The Kier molecular flexibility index (Phi) is 4.55. The summed E-state index contributed by atoms with van der Waals surface area (Å²) in [5, 5.41) is 10.6. The third-order valence-corrected chi connectivity index (χ3v) is 4.13. The van der Waals surface area contributed by atoms with Crippen molar-refractivity contribution in [3.63, 3.8) is 0 Å². The molecule has 0 saturated carbocycles. The van der Waals surface area contributed by atoms with Crippen LogP contribution < -0.4 is 0 Å². The number of halogens is 2. The average Bonchev–Trinajstić information content (AvgIpc) is 2.19. The Morgan fingerprint density at radius 3 is 2.47 bits per heavy atom. The summed E-state index contributed by atoms with van der Waals surface area (Å²) in [7, 11) is 0. The summed E-state index contributed by atoms with van der Waals surface area (Å²) in [5.74, 6) is 0. The topological polar surface area (TPSA) is 43.1 Å². The fraction of sp³-hybridized carbons (Fsp3) is 0.500. The highest BCUT2D eigenvalue weighted by molar-refractivity contribution is 9.10. The number of nitro groups is 1. The lowest BCUT2D eigenvalue weighted by Crippen LogP contribution is -2.23. The Labute approximate surface area is 114 Å². The molecule has 0 aliphatic rings. The van der Waals surface area contributed by atoms with Crippen molar-refractivity contribution in [2.45, 2.75) is 32.6 Å². The van der Waals surface area contributed by atoms with Crippen molar-refractivity contribution in [1.29, 1.82) is 0 Å². The molecule has 1 aromatic carbocycles. The van der Waals surface area contributed by atoms with Gasteiger partial charge in [-0.1, -0.05) is 42.8 Å². The predicted octanol–water partition coefficient (Wildman–Crippen LogP) is 4.55. The summed E-state index contributed by atoms with van der Waals surface area (Å²) in [6, 6.07) is 4.78. The fourth-order valence-corrected chi connectivity index (χ4v) is 2.01. The molecule has 0 fully saturated rings. The molecule has 0 N–H and O–H groups in total. The lowest BCUT2D eigenvalue weighted by atomic mass is 9.88. The van der Waals surface area contributed by atoms with Crippen molar-refractivity contribution >= 4 is 33.2 Å². The molecule has 1 atom stereocenters. The molecule has 0 aliphatic heterocycles. The number of rotatable bonds is 3. The highest BCUT2D eigenvalue weighted by atomic mass is 79.9. The summed E-state index contributed by atoms with van der Waals surface area (Å²) in [5.41, 5.74) is 1.08. The second kappa shape index (κ2) is 5.36. The largest absolute Gasteiger partial charge is 0.270 e. The minimum atomic E-state index is -0.406. The van der Waals surface area contributed by atoms with E-state index in [1.165, 1.54) is 12.1 Å². The van der Waals surface area contributed by atoms with Crippen LogP contribution >= 0.6 is 27.5 Å². The van der Waals surface area contributed by atoms with E-state index in [4.69, 9.17) is 11.6 Å². The molecule has 1 unspecified atom stereocenters. The summed E-state index contributed by atoms with van der Waals surface area (Å²) < 4.78 is 0.738. The maximum absolute atomic E-state index is 10.6. The van der Waals surface area contributed by atoms with Crippen molar-refractivity contribution < 1.29 is 4.92 Å². The Hall–Kier alpha value is -0.610. The molecule has 0 aromatic heterocycles. The standard InChI is InChI=1S/C12H15BrClNO2/c1-12(2,3)11(14)6-8-4-5-9(15(16)17)7-10(8)13/h4-5,7,11H,6H2,1-3H3. The van der Waals surface area contributed by atoms with Gasteiger partial charge < -0.3 is 0 Å². The van der Waals surface area contributed by atoms with Crippen LogP contribution in [0.4, 0.5) is 5.69 Å². The molecule has 1 rings (SSSR count). The zero-order valence-corrected chi connectivity index (χ0v) is 12.4. The van der Waals surface area contributed by atoms with E-state index in [9.17, 15) is 10.1 Å². The van der Waals surface area contributed by atoms with Crippen LogP contribution in [0.15, 0.2) is 22.7 Å². The molecule has 5 heteroatoms. The monoisotopic (exact) mass is 319 g/mol. The third kappa shape index (κ3) is 3.96. The van der Waals surface area contributed by atoms with Crippen LogP contribution in [0, 0.1) is 15.5 Å². The SMILES string of the molecule is CC(C)(C)C(Cl)Cc1ccc([N+](=O)[O-])cc1Br. The minimum absolute atomic E-state index is 0.00275. The first-order valence-electron chi connectivity index (χ1n) is 5.28. The van der Waals surface area contributed by atoms with Gasteiger partial charge in [0.15, 0.2) is 0 Å². The highest BCUT2D eigenvalue weighted by Gasteiger charge is 2.23. The molecule has 3 nitrogen and oxygen atoms in total. The molecule has 0 radical (unpaired) electrons. The van der Waals surface area contributed by atoms with Gasteiger partial charge in [-0.05, 0) is 17.4 Å². The van der Waals surface area contributed by atoms with Gasteiger partial charge in [0.25, 0.3) is 5.69 Å². The predicted molar refractivity (Wildman–Crippen MR) is 73.6 cm³/mol. The van der Waals surface area contributed by atoms with Crippen LogP contribution in [-0.2, 0) is 6.42 Å². The number of alkyl halides is 1. The van der Waals surface area contributed by atoms with E-state index in [1.54, 1.807) is 6.07 Å². The van der Waals surface area contributed by atoms with Gasteiger partial charge in [0.2, 0.25) is 0 Å². The number of nitro benzene ring substituents is 1. The number of benzene rings is 1. The Morgan fingerprint density at radius 1 is 1.47 bits per heavy atom. The Balaban J connectivity index is 2.90. The number of hydrogen-bond acceptors (Lipinski definition) is 2. The van der Waals surface area contributed by atoms with Gasteiger partial charge in [0.1, 0.15) is 0 Å². The smallest absolute Gasteiger partial charge is 0.258 e. The number of hydrogen-bond donors (Lipinski definition) is 0. The van der Waals surface area contributed by atoms with Crippen LogP contribution in [0.5, 0.6) is 0 Å². The van der Waals surface area contributed by atoms with Gasteiger partial charge in [-0.2, -0.15) is 0 Å². The molecule has 0 aliphatic carbocycles. The summed E-state index contributed by atoms with van der Waals surface area (Å²) in [6.45, 7) is 6.22. The third-order valence-electron chi connectivity index (χ3n) is 2.59. The van der Waals surface area contributed by atoms with Crippen LogP contribution in [0.2, 0.25) is 0 Å². The van der Waals surface area contributed by atoms with Gasteiger partial charge in [-0.3, -0.25) is 10.1 Å². The first-order valence-corrected chi connectivity index (χ1v) is 6.51. The quantitative estimate of drug-likeness (QED) is 0.466. The molecule has 0 spiro atoms. The number of nitrogens with zero attached hydrogens (tertiary/aromatic N) is 1. The van der Waals surface area contributed by atoms with Crippen molar-refractivity contribution in [1.82, 2.24) is 0 Å². The van der Waals surface area contributed by atoms with Crippen LogP contribution in [0.25, 0.3) is 0 Å². The zero-order chi connectivity index (χ0) is 13.2. The van der Waals surface area contributed by atoms with Crippen molar-refractivity contribution in [3.8, 4) is 0 Å². The van der Waals surface area contributed by atoms with Crippen LogP contribution in [0.1, 0.15) is 26.3 Å².